The van der Waals surface area contributed by atoms with E-state index in [1.165, 1.54) is 0 Å². The van der Waals surface area contributed by atoms with Gasteiger partial charge in [0, 0.05) is 19.1 Å². The molecule has 5 heteroatoms. The monoisotopic (exact) mass is 240 g/mol. The van der Waals surface area contributed by atoms with Gasteiger partial charge in [0.05, 0.1) is 19.4 Å². The molecular weight excluding hydrogens is 220 g/mol. The van der Waals surface area contributed by atoms with E-state index in [9.17, 15) is 5.11 Å². The van der Waals surface area contributed by atoms with Crippen molar-refractivity contribution in [1.82, 2.24) is 9.78 Å². The van der Waals surface area contributed by atoms with E-state index < -0.39 is 6.10 Å². The van der Waals surface area contributed by atoms with Gasteiger partial charge in [-0.25, -0.2) is 0 Å². The van der Waals surface area contributed by atoms with E-state index in [0.717, 1.165) is 18.7 Å². The fourth-order valence-corrected chi connectivity index (χ4v) is 2.45. The van der Waals surface area contributed by atoms with Crippen molar-refractivity contribution in [3.63, 3.8) is 0 Å². The lowest BCUT2D eigenvalue weighted by molar-refractivity contribution is 0.0376. The highest BCUT2D eigenvalue weighted by atomic mass is 16.5. The molecule has 0 saturated carbocycles. The molecule has 1 N–H and O–H groups in total. The predicted molar refractivity (Wildman–Crippen MR) is 62.9 cm³/mol. The molecule has 0 bridgehead atoms. The fraction of sp³-hybridized carbons (Fsp3) is 0.750. The minimum atomic E-state index is -0.579. The zero-order valence-corrected chi connectivity index (χ0v) is 10.6. The SMILES string of the molecule is CCn1ncc(OC)c1C(O)C1CCOC1C. The zero-order chi connectivity index (χ0) is 12.4. The summed E-state index contributed by atoms with van der Waals surface area (Å²) in [5.41, 5.74) is 0.761. The highest BCUT2D eigenvalue weighted by molar-refractivity contribution is 5.28. The van der Waals surface area contributed by atoms with Crippen LogP contribution in [-0.2, 0) is 11.3 Å². The number of aromatic nitrogens is 2. The van der Waals surface area contributed by atoms with Gasteiger partial charge >= 0.3 is 0 Å². The van der Waals surface area contributed by atoms with E-state index in [2.05, 4.69) is 5.10 Å². The third-order valence-electron chi connectivity index (χ3n) is 3.48. The number of nitrogens with zero attached hydrogens (tertiary/aromatic N) is 2. The standard InChI is InChI=1S/C12H20N2O3/c1-4-14-11(10(16-3)7-13-14)12(15)9-5-6-17-8(9)2/h7-9,12,15H,4-6H2,1-3H3. The lowest BCUT2D eigenvalue weighted by Crippen LogP contribution is -2.22. The lowest BCUT2D eigenvalue weighted by atomic mass is 9.93. The normalized spacial score (nSPS) is 26.1. The van der Waals surface area contributed by atoms with Gasteiger partial charge in [0.15, 0.2) is 5.75 Å². The second-order valence-corrected chi connectivity index (χ2v) is 4.39. The van der Waals surface area contributed by atoms with E-state index in [1.807, 2.05) is 13.8 Å². The van der Waals surface area contributed by atoms with Crippen LogP contribution in [0, 0.1) is 5.92 Å². The maximum Gasteiger partial charge on any atom is 0.162 e. The van der Waals surface area contributed by atoms with E-state index in [-0.39, 0.29) is 12.0 Å². The topological polar surface area (TPSA) is 56.5 Å². The number of ether oxygens (including phenoxy) is 2. The Labute approximate surface area is 101 Å². The summed E-state index contributed by atoms with van der Waals surface area (Å²) < 4.78 is 12.5. The maximum atomic E-state index is 10.5. The first-order valence-electron chi connectivity index (χ1n) is 6.08. The smallest absolute Gasteiger partial charge is 0.162 e. The Morgan fingerprint density at radius 2 is 2.47 bits per heavy atom. The van der Waals surface area contributed by atoms with E-state index in [1.54, 1.807) is 18.0 Å². The van der Waals surface area contributed by atoms with Crippen molar-refractivity contribution in [2.75, 3.05) is 13.7 Å². The molecule has 3 unspecified atom stereocenters. The largest absolute Gasteiger partial charge is 0.493 e. The number of methoxy groups -OCH3 is 1. The summed E-state index contributed by atoms with van der Waals surface area (Å²) in [6.07, 6.45) is 2.03. The van der Waals surface area contributed by atoms with Crippen LogP contribution in [-0.4, -0.2) is 34.7 Å². The van der Waals surface area contributed by atoms with Gasteiger partial charge < -0.3 is 14.6 Å². The Hall–Kier alpha value is -1.07. The summed E-state index contributed by atoms with van der Waals surface area (Å²) in [6, 6.07) is 0. The molecule has 1 aliphatic rings. The molecule has 96 valence electrons. The van der Waals surface area contributed by atoms with Crippen LogP contribution in [0.4, 0.5) is 0 Å². The van der Waals surface area contributed by atoms with Crippen molar-refractivity contribution in [2.45, 2.75) is 39.0 Å². The molecule has 1 fully saturated rings. The predicted octanol–water partition coefficient (Wildman–Crippen LogP) is 1.37. The van der Waals surface area contributed by atoms with Crippen molar-refractivity contribution in [2.24, 2.45) is 5.92 Å². The summed E-state index contributed by atoms with van der Waals surface area (Å²) in [5, 5.41) is 14.7. The van der Waals surface area contributed by atoms with E-state index >= 15 is 0 Å². The van der Waals surface area contributed by atoms with Crippen molar-refractivity contribution in [3.8, 4) is 5.75 Å². The number of hydrogen-bond donors (Lipinski definition) is 1. The minimum Gasteiger partial charge on any atom is -0.493 e. The highest BCUT2D eigenvalue weighted by Crippen LogP contribution is 2.36. The van der Waals surface area contributed by atoms with Gasteiger partial charge in [-0.05, 0) is 20.3 Å². The minimum absolute atomic E-state index is 0.0786. The third-order valence-corrected chi connectivity index (χ3v) is 3.48. The van der Waals surface area contributed by atoms with Crippen LogP contribution in [0.1, 0.15) is 32.1 Å². The van der Waals surface area contributed by atoms with Crippen LogP contribution in [0.25, 0.3) is 0 Å². The van der Waals surface area contributed by atoms with Gasteiger partial charge in [-0.2, -0.15) is 5.10 Å². The highest BCUT2D eigenvalue weighted by Gasteiger charge is 2.35. The van der Waals surface area contributed by atoms with Gasteiger partial charge in [-0.1, -0.05) is 0 Å². The summed E-state index contributed by atoms with van der Waals surface area (Å²) >= 11 is 0. The number of aliphatic hydroxyl groups excluding tert-OH is 1. The molecule has 1 aliphatic heterocycles. The molecule has 1 saturated heterocycles. The molecule has 0 aliphatic carbocycles. The van der Waals surface area contributed by atoms with Gasteiger partial charge in [-0.3, -0.25) is 4.68 Å². The molecule has 1 aromatic heterocycles. The Morgan fingerprint density at radius 3 is 3.00 bits per heavy atom. The fourth-order valence-electron chi connectivity index (χ4n) is 2.45. The molecule has 2 heterocycles. The summed E-state index contributed by atoms with van der Waals surface area (Å²) in [7, 11) is 1.60. The summed E-state index contributed by atoms with van der Waals surface area (Å²) in [6.45, 7) is 5.43. The van der Waals surface area contributed by atoms with Gasteiger partial charge in [0.25, 0.3) is 0 Å². The van der Waals surface area contributed by atoms with E-state index in [4.69, 9.17) is 9.47 Å². The van der Waals surface area contributed by atoms with Crippen LogP contribution in [0.5, 0.6) is 5.75 Å². The molecule has 0 spiro atoms. The first-order valence-corrected chi connectivity index (χ1v) is 6.08. The number of aryl methyl sites for hydroxylation is 1. The van der Waals surface area contributed by atoms with Crippen molar-refractivity contribution in [1.29, 1.82) is 0 Å². The quantitative estimate of drug-likeness (QED) is 0.863. The lowest BCUT2D eigenvalue weighted by Gasteiger charge is -2.22. The number of rotatable bonds is 4. The maximum absolute atomic E-state index is 10.5. The summed E-state index contributed by atoms with van der Waals surface area (Å²) in [5.74, 6) is 0.768. The van der Waals surface area contributed by atoms with Crippen LogP contribution in [0.3, 0.4) is 0 Å². The Balaban J connectivity index is 2.28. The van der Waals surface area contributed by atoms with Crippen molar-refractivity contribution in [3.05, 3.63) is 11.9 Å². The van der Waals surface area contributed by atoms with Gasteiger partial charge in [-0.15, -0.1) is 0 Å². The second kappa shape index (κ2) is 5.06. The molecule has 3 atom stereocenters. The second-order valence-electron chi connectivity index (χ2n) is 4.39. The Morgan fingerprint density at radius 1 is 1.71 bits per heavy atom. The van der Waals surface area contributed by atoms with Gasteiger partial charge in [0.1, 0.15) is 11.8 Å². The van der Waals surface area contributed by atoms with Crippen LogP contribution >= 0.6 is 0 Å². The first-order chi connectivity index (χ1) is 8.19. The van der Waals surface area contributed by atoms with E-state index in [0.29, 0.717) is 12.4 Å². The molecule has 17 heavy (non-hydrogen) atoms. The van der Waals surface area contributed by atoms with Crippen LogP contribution in [0.2, 0.25) is 0 Å². The molecule has 2 rings (SSSR count). The molecule has 0 aromatic carbocycles. The average molecular weight is 240 g/mol. The van der Waals surface area contributed by atoms with Crippen LogP contribution in [0.15, 0.2) is 6.20 Å². The van der Waals surface area contributed by atoms with Crippen molar-refractivity contribution >= 4 is 0 Å². The molecule has 5 nitrogen and oxygen atoms in total. The zero-order valence-electron chi connectivity index (χ0n) is 10.6. The first kappa shape index (κ1) is 12.4. The third kappa shape index (κ3) is 2.17. The average Bonchev–Trinajstić information content (AvgIpc) is 2.93. The molecule has 0 radical (unpaired) electrons. The Bertz CT molecular complexity index is 356. The molecule has 0 amide bonds. The van der Waals surface area contributed by atoms with Crippen LogP contribution < -0.4 is 4.74 Å². The summed E-state index contributed by atoms with van der Waals surface area (Å²) in [4.78, 5) is 0. The van der Waals surface area contributed by atoms with Gasteiger partial charge in [0.2, 0.25) is 0 Å². The molecular formula is C12H20N2O3. The van der Waals surface area contributed by atoms with Crippen molar-refractivity contribution < 1.29 is 14.6 Å². The molecule has 1 aromatic rings. The Kier molecular flexibility index (Phi) is 3.69. The number of hydrogen-bond acceptors (Lipinski definition) is 4. The number of aliphatic hydroxyl groups is 1.